The van der Waals surface area contributed by atoms with Crippen LogP contribution in [-0.2, 0) is 17.8 Å². The van der Waals surface area contributed by atoms with Crippen molar-refractivity contribution in [3.05, 3.63) is 87.6 Å². The molecule has 0 aliphatic carbocycles. The van der Waals surface area contributed by atoms with Gasteiger partial charge in [-0.3, -0.25) is 9.59 Å². The van der Waals surface area contributed by atoms with Gasteiger partial charge in [0.15, 0.2) is 0 Å². The SMILES string of the molecule is Cc1cc2ccc1C(=O)N1CCc3ccc(cc3C1)C(CC(=O)O)c1ccc(nc1C)OCCCCO2. The largest absolute Gasteiger partial charge is 0.494 e. The van der Waals surface area contributed by atoms with E-state index in [0.29, 0.717) is 37.7 Å². The quantitative estimate of drug-likeness (QED) is 0.529. The third kappa shape index (κ3) is 5.45. The number of aryl methyl sites for hydroxylation is 2. The summed E-state index contributed by atoms with van der Waals surface area (Å²) in [5.41, 5.74) is 6.36. The highest BCUT2D eigenvalue weighted by Crippen LogP contribution is 2.34. The van der Waals surface area contributed by atoms with Crippen LogP contribution in [0.3, 0.4) is 0 Å². The van der Waals surface area contributed by atoms with Crippen molar-refractivity contribution in [1.29, 1.82) is 0 Å². The Labute approximate surface area is 217 Å². The fourth-order valence-corrected chi connectivity index (χ4v) is 5.25. The molecule has 0 saturated heterocycles. The summed E-state index contributed by atoms with van der Waals surface area (Å²) in [6.07, 6.45) is 2.35. The van der Waals surface area contributed by atoms with Crippen LogP contribution < -0.4 is 9.47 Å². The third-order valence-corrected chi connectivity index (χ3v) is 7.27. The maximum atomic E-state index is 13.5. The van der Waals surface area contributed by atoms with E-state index in [0.717, 1.165) is 53.0 Å². The number of ether oxygens (including phenoxy) is 2. The van der Waals surface area contributed by atoms with Gasteiger partial charge in [-0.2, -0.15) is 0 Å². The van der Waals surface area contributed by atoms with Crippen LogP contribution in [0.2, 0.25) is 0 Å². The Morgan fingerprint density at radius 2 is 1.84 bits per heavy atom. The van der Waals surface area contributed by atoms with E-state index in [-0.39, 0.29) is 18.2 Å². The molecular weight excluding hydrogens is 468 g/mol. The van der Waals surface area contributed by atoms with Gasteiger partial charge < -0.3 is 19.5 Å². The molecule has 2 aromatic carbocycles. The van der Waals surface area contributed by atoms with Crippen molar-refractivity contribution in [1.82, 2.24) is 9.88 Å². The minimum atomic E-state index is -0.870. The number of carboxylic acid groups (broad SMARTS) is 1. The first-order valence-electron chi connectivity index (χ1n) is 12.9. The van der Waals surface area contributed by atoms with Gasteiger partial charge >= 0.3 is 5.97 Å². The number of nitrogens with zero attached hydrogens (tertiary/aromatic N) is 2. The summed E-state index contributed by atoms with van der Waals surface area (Å²) in [4.78, 5) is 31.8. The molecule has 0 spiro atoms. The number of hydrogen-bond acceptors (Lipinski definition) is 5. The molecule has 37 heavy (non-hydrogen) atoms. The van der Waals surface area contributed by atoms with Crippen LogP contribution in [-0.4, -0.2) is 46.6 Å². The number of benzene rings is 2. The van der Waals surface area contributed by atoms with Crippen molar-refractivity contribution in [3.8, 4) is 11.6 Å². The van der Waals surface area contributed by atoms with Crippen LogP contribution in [0.4, 0.5) is 0 Å². The smallest absolute Gasteiger partial charge is 0.304 e. The summed E-state index contributed by atoms with van der Waals surface area (Å²) < 4.78 is 11.8. The number of aromatic nitrogens is 1. The van der Waals surface area contributed by atoms with Crippen molar-refractivity contribution in [2.75, 3.05) is 19.8 Å². The molecule has 5 aliphatic heterocycles. The van der Waals surface area contributed by atoms with E-state index in [9.17, 15) is 14.7 Å². The summed E-state index contributed by atoms with van der Waals surface area (Å²) in [5.74, 6) is 0.0723. The van der Waals surface area contributed by atoms with E-state index in [4.69, 9.17) is 9.47 Å². The number of rotatable bonds is 2. The number of carboxylic acids is 1. The second-order valence-electron chi connectivity index (χ2n) is 9.86. The van der Waals surface area contributed by atoms with Gasteiger partial charge in [0.05, 0.1) is 19.6 Å². The van der Waals surface area contributed by atoms with Crippen LogP contribution in [0.1, 0.15) is 69.0 Å². The molecule has 1 atom stereocenters. The van der Waals surface area contributed by atoms with Crippen LogP contribution in [0.15, 0.2) is 48.5 Å². The second kappa shape index (κ2) is 10.6. The van der Waals surface area contributed by atoms with E-state index >= 15 is 0 Å². The minimum Gasteiger partial charge on any atom is -0.494 e. The molecule has 6 heterocycles. The van der Waals surface area contributed by atoms with Crippen LogP contribution in [0.5, 0.6) is 11.6 Å². The molecule has 192 valence electrons. The fraction of sp³-hybridized carbons (Fsp3) is 0.367. The van der Waals surface area contributed by atoms with Crippen molar-refractivity contribution in [2.24, 2.45) is 0 Å². The first-order valence-corrected chi connectivity index (χ1v) is 12.9. The number of carbonyl (C=O) groups is 2. The van der Waals surface area contributed by atoms with Gasteiger partial charge in [-0.25, -0.2) is 4.98 Å². The van der Waals surface area contributed by atoms with E-state index in [1.165, 1.54) is 5.56 Å². The maximum absolute atomic E-state index is 13.5. The summed E-state index contributed by atoms with van der Waals surface area (Å²) >= 11 is 0. The van der Waals surface area contributed by atoms with Crippen LogP contribution >= 0.6 is 0 Å². The predicted octanol–water partition coefficient (Wildman–Crippen LogP) is 5.05. The molecule has 7 nitrogen and oxygen atoms in total. The molecule has 7 bridgehead atoms. The zero-order valence-electron chi connectivity index (χ0n) is 21.3. The molecule has 1 aromatic heterocycles. The minimum absolute atomic E-state index is 0.000799. The molecule has 0 fully saturated rings. The number of hydrogen-bond donors (Lipinski definition) is 1. The maximum Gasteiger partial charge on any atom is 0.304 e. The monoisotopic (exact) mass is 500 g/mol. The highest BCUT2D eigenvalue weighted by molar-refractivity contribution is 5.96. The highest BCUT2D eigenvalue weighted by Gasteiger charge is 2.26. The molecule has 1 amide bonds. The third-order valence-electron chi connectivity index (χ3n) is 7.27. The Balaban J connectivity index is 1.53. The number of aliphatic carboxylic acids is 1. The molecule has 5 aliphatic rings. The molecule has 0 saturated carbocycles. The normalized spacial score (nSPS) is 17.7. The lowest BCUT2D eigenvalue weighted by Gasteiger charge is -2.30. The van der Waals surface area contributed by atoms with Gasteiger partial charge in [0, 0.05) is 36.3 Å². The van der Waals surface area contributed by atoms with Gasteiger partial charge in [-0.1, -0.05) is 24.3 Å². The Morgan fingerprint density at radius 3 is 2.59 bits per heavy atom. The van der Waals surface area contributed by atoms with Crippen molar-refractivity contribution in [2.45, 2.75) is 52.0 Å². The lowest BCUT2D eigenvalue weighted by molar-refractivity contribution is -0.137. The fourth-order valence-electron chi connectivity index (χ4n) is 5.25. The van der Waals surface area contributed by atoms with E-state index < -0.39 is 5.97 Å². The predicted molar refractivity (Wildman–Crippen MR) is 139 cm³/mol. The first-order chi connectivity index (χ1) is 17.9. The Kier molecular flexibility index (Phi) is 7.12. The molecule has 8 rings (SSSR count). The molecule has 3 aromatic rings. The van der Waals surface area contributed by atoms with Gasteiger partial charge in [0.1, 0.15) is 5.75 Å². The lowest BCUT2D eigenvalue weighted by Crippen LogP contribution is -2.36. The molecule has 1 N–H and O–H groups in total. The average molecular weight is 501 g/mol. The zero-order chi connectivity index (χ0) is 25.9. The highest BCUT2D eigenvalue weighted by atomic mass is 16.5. The Hall–Kier alpha value is -3.87. The topological polar surface area (TPSA) is 89.0 Å². The van der Waals surface area contributed by atoms with Gasteiger partial charge in [-0.05, 0) is 79.1 Å². The first kappa shape index (κ1) is 24.8. The van der Waals surface area contributed by atoms with Gasteiger partial charge in [-0.15, -0.1) is 0 Å². The van der Waals surface area contributed by atoms with Crippen molar-refractivity contribution >= 4 is 11.9 Å². The number of pyridine rings is 1. The molecule has 0 radical (unpaired) electrons. The van der Waals surface area contributed by atoms with E-state index in [1.807, 2.05) is 55.1 Å². The summed E-state index contributed by atoms with van der Waals surface area (Å²) in [6, 6.07) is 15.5. The Morgan fingerprint density at radius 1 is 1.03 bits per heavy atom. The van der Waals surface area contributed by atoms with E-state index in [1.54, 1.807) is 0 Å². The molecule has 7 heteroatoms. The molecular formula is C30H32N2O5. The van der Waals surface area contributed by atoms with Gasteiger partial charge in [0.2, 0.25) is 5.88 Å². The van der Waals surface area contributed by atoms with Crippen LogP contribution in [0, 0.1) is 13.8 Å². The number of amides is 1. The van der Waals surface area contributed by atoms with E-state index in [2.05, 4.69) is 17.1 Å². The summed E-state index contributed by atoms with van der Waals surface area (Å²) in [6.45, 7) is 6.04. The van der Waals surface area contributed by atoms with Crippen molar-refractivity contribution < 1.29 is 24.2 Å². The Bertz CT molecular complexity index is 1340. The summed E-state index contributed by atoms with van der Waals surface area (Å²) in [7, 11) is 0. The van der Waals surface area contributed by atoms with Gasteiger partial charge in [0.25, 0.3) is 5.91 Å². The lowest BCUT2D eigenvalue weighted by atomic mass is 9.85. The second-order valence-corrected chi connectivity index (χ2v) is 9.86. The summed E-state index contributed by atoms with van der Waals surface area (Å²) in [5, 5.41) is 9.72. The van der Waals surface area contributed by atoms with Crippen LogP contribution in [0.25, 0.3) is 0 Å². The standard InChI is InChI=1S/C30H32N2O5/c1-19-15-24-7-8-25(19)30(35)32-12-11-21-5-6-22(16-23(21)18-32)27(17-29(33)34)26-9-10-28(31-20(26)2)37-14-4-3-13-36-24/h5-10,15-16,27H,3-4,11-14,17-18H2,1-2H3,(H,33,34). The zero-order valence-corrected chi connectivity index (χ0v) is 21.3. The molecule has 1 unspecified atom stereocenters. The average Bonchev–Trinajstić information content (AvgIpc) is 2.88. The number of carbonyl (C=O) groups excluding carboxylic acids is 1. The van der Waals surface area contributed by atoms with Crippen molar-refractivity contribution in [3.63, 3.8) is 0 Å².